The van der Waals surface area contributed by atoms with Gasteiger partial charge in [0.15, 0.2) is 0 Å². The lowest BCUT2D eigenvalue weighted by Gasteiger charge is -2.39. The molecule has 3 nitrogen and oxygen atoms in total. The average molecular weight is 334 g/mol. The molecule has 134 valence electrons. The Balaban J connectivity index is 4.56. The Hall–Kier alpha value is 0.150. The van der Waals surface area contributed by atoms with Crippen molar-refractivity contribution in [2.75, 3.05) is 12.3 Å². The van der Waals surface area contributed by atoms with Crippen molar-refractivity contribution < 1.29 is 14.2 Å². The highest BCUT2D eigenvalue weighted by Gasteiger charge is 2.41. The van der Waals surface area contributed by atoms with Crippen molar-refractivity contribution in [1.29, 1.82) is 0 Å². The second kappa shape index (κ2) is 10.1. The Labute approximate surface area is 138 Å². The van der Waals surface area contributed by atoms with Crippen LogP contribution in [0, 0.1) is 0 Å². The Morgan fingerprint density at radius 3 is 1.77 bits per heavy atom. The van der Waals surface area contributed by atoms with E-state index in [2.05, 4.69) is 13.8 Å². The Bertz CT molecular complexity index is 332. The predicted octanol–water partition coefficient (Wildman–Crippen LogP) is 5.99. The maximum Gasteiger partial charge on any atom is 0.203 e. The van der Waals surface area contributed by atoms with Crippen LogP contribution in [0.25, 0.3) is 0 Å². The van der Waals surface area contributed by atoms with E-state index < -0.39 is 18.6 Å². The highest BCUT2D eigenvalue weighted by Crippen LogP contribution is 2.53. The van der Waals surface area contributed by atoms with Gasteiger partial charge in [0.1, 0.15) is 0 Å². The summed E-state index contributed by atoms with van der Waals surface area (Å²) in [4.78, 5) is 0. The largest absolute Gasteiger partial charge is 0.387 e. The van der Waals surface area contributed by atoms with E-state index in [1.165, 1.54) is 25.7 Å². The van der Waals surface area contributed by atoms with Gasteiger partial charge in [0.2, 0.25) is 7.37 Å². The van der Waals surface area contributed by atoms with Crippen LogP contribution in [0.15, 0.2) is 0 Å². The average Bonchev–Trinajstić information content (AvgIpc) is 2.39. The van der Waals surface area contributed by atoms with E-state index in [-0.39, 0.29) is 0 Å². The van der Waals surface area contributed by atoms with E-state index in [9.17, 15) is 9.67 Å². The van der Waals surface area contributed by atoms with Crippen LogP contribution < -0.4 is 0 Å². The summed E-state index contributed by atoms with van der Waals surface area (Å²) < 4.78 is 19.2. The summed E-state index contributed by atoms with van der Waals surface area (Å²) in [6, 6.07) is 0. The molecule has 0 heterocycles. The van der Waals surface area contributed by atoms with Crippen LogP contribution in [-0.4, -0.2) is 28.6 Å². The molecular formula is C18H39O3P. The molecule has 0 radical (unpaired) electrons. The topological polar surface area (TPSA) is 46.5 Å². The van der Waals surface area contributed by atoms with Gasteiger partial charge in [-0.25, -0.2) is 0 Å². The van der Waals surface area contributed by atoms with Crippen LogP contribution in [0.2, 0.25) is 0 Å². The van der Waals surface area contributed by atoms with E-state index in [4.69, 9.17) is 4.52 Å². The van der Waals surface area contributed by atoms with Gasteiger partial charge in [-0.05, 0) is 40.5 Å². The lowest BCUT2D eigenvalue weighted by atomic mass is 9.90. The molecule has 0 aromatic carbocycles. The molecule has 0 bridgehead atoms. The minimum atomic E-state index is -2.67. The highest BCUT2D eigenvalue weighted by atomic mass is 31.2. The van der Waals surface area contributed by atoms with Crippen LogP contribution in [0.1, 0.15) is 92.9 Å². The first kappa shape index (κ1) is 22.1. The van der Waals surface area contributed by atoms with Crippen molar-refractivity contribution in [1.82, 2.24) is 0 Å². The quantitative estimate of drug-likeness (QED) is 0.332. The summed E-state index contributed by atoms with van der Waals surface area (Å²) in [5.74, 6) is 0. The van der Waals surface area contributed by atoms with E-state index in [1.807, 2.05) is 13.8 Å². The fourth-order valence-corrected chi connectivity index (χ4v) is 5.23. The molecule has 0 aromatic rings. The number of aliphatic hydroxyl groups is 1. The Morgan fingerprint density at radius 2 is 1.27 bits per heavy atom. The molecule has 4 heteroatoms. The lowest BCUT2D eigenvalue weighted by Crippen LogP contribution is -2.46. The highest BCUT2D eigenvalue weighted by molar-refractivity contribution is 7.59. The van der Waals surface area contributed by atoms with Gasteiger partial charge in [-0.2, -0.15) is 0 Å². The molecule has 1 atom stereocenters. The molecule has 0 spiro atoms. The van der Waals surface area contributed by atoms with Crippen LogP contribution in [0.4, 0.5) is 0 Å². The first-order chi connectivity index (χ1) is 10.1. The van der Waals surface area contributed by atoms with E-state index in [1.54, 1.807) is 13.8 Å². The van der Waals surface area contributed by atoms with Gasteiger partial charge in [0, 0.05) is 12.3 Å². The summed E-state index contributed by atoms with van der Waals surface area (Å²) in [5.41, 5.74) is -1.80. The zero-order valence-electron chi connectivity index (χ0n) is 15.8. The van der Waals surface area contributed by atoms with Crippen molar-refractivity contribution >= 4 is 7.37 Å². The third kappa shape index (κ3) is 8.70. The van der Waals surface area contributed by atoms with Gasteiger partial charge in [-0.15, -0.1) is 0 Å². The van der Waals surface area contributed by atoms with E-state index in [0.29, 0.717) is 12.3 Å². The zero-order valence-corrected chi connectivity index (χ0v) is 16.7. The predicted molar refractivity (Wildman–Crippen MR) is 97.1 cm³/mol. The van der Waals surface area contributed by atoms with Crippen LogP contribution >= 0.6 is 7.37 Å². The van der Waals surface area contributed by atoms with Gasteiger partial charge >= 0.3 is 0 Å². The van der Waals surface area contributed by atoms with Gasteiger partial charge in [0.05, 0.1) is 11.2 Å². The van der Waals surface area contributed by atoms with Gasteiger partial charge in [-0.1, -0.05) is 52.4 Å². The molecule has 0 saturated heterocycles. The van der Waals surface area contributed by atoms with Gasteiger partial charge in [-0.3, -0.25) is 4.57 Å². The molecule has 1 unspecified atom stereocenters. The summed E-state index contributed by atoms with van der Waals surface area (Å²) in [6.45, 7) is 11.4. The second-order valence-electron chi connectivity index (χ2n) is 7.54. The first-order valence-corrected chi connectivity index (χ1v) is 11.1. The summed E-state index contributed by atoms with van der Waals surface area (Å²) in [7, 11) is -2.67. The van der Waals surface area contributed by atoms with E-state index in [0.717, 1.165) is 25.7 Å². The number of hydrogen-bond donors (Lipinski definition) is 1. The molecule has 0 fully saturated rings. The standard InChI is InChI=1S/C18H39O3P/c1-7-9-11-12-13-14-16-22(20,15-10-8-2)21-18(5,6)17(3,4)19/h19H,7-16H2,1-6H3. The molecule has 1 N–H and O–H groups in total. The van der Waals surface area contributed by atoms with Crippen LogP contribution in [-0.2, 0) is 9.09 Å². The summed E-state index contributed by atoms with van der Waals surface area (Å²) >= 11 is 0. The van der Waals surface area contributed by atoms with Crippen molar-refractivity contribution in [3.8, 4) is 0 Å². The van der Waals surface area contributed by atoms with Gasteiger partial charge < -0.3 is 9.63 Å². The zero-order chi connectivity index (χ0) is 17.3. The minimum Gasteiger partial charge on any atom is -0.387 e. The first-order valence-electron chi connectivity index (χ1n) is 9.09. The summed E-state index contributed by atoms with van der Waals surface area (Å²) in [6.07, 6.45) is 10.4. The lowest BCUT2D eigenvalue weighted by molar-refractivity contribution is -0.0896. The van der Waals surface area contributed by atoms with Crippen molar-refractivity contribution in [3.05, 3.63) is 0 Å². The minimum absolute atomic E-state index is 0.637. The normalized spacial score (nSPS) is 15.8. The molecule has 0 amide bonds. The van der Waals surface area contributed by atoms with Crippen LogP contribution in [0.3, 0.4) is 0 Å². The molecule has 0 rings (SSSR count). The van der Waals surface area contributed by atoms with Gasteiger partial charge in [0.25, 0.3) is 0 Å². The van der Waals surface area contributed by atoms with Crippen molar-refractivity contribution in [3.63, 3.8) is 0 Å². The monoisotopic (exact) mass is 334 g/mol. The Morgan fingerprint density at radius 1 is 0.818 bits per heavy atom. The number of rotatable bonds is 13. The summed E-state index contributed by atoms with van der Waals surface area (Å²) in [5, 5.41) is 10.3. The number of hydrogen-bond acceptors (Lipinski definition) is 3. The SMILES string of the molecule is CCCCCCCCP(=O)(CCCC)OC(C)(C)C(C)(C)O. The molecule has 0 aliphatic heterocycles. The van der Waals surface area contributed by atoms with Crippen molar-refractivity contribution in [2.24, 2.45) is 0 Å². The number of unbranched alkanes of at least 4 members (excludes halogenated alkanes) is 6. The molecular weight excluding hydrogens is 295 g/mol. The smallest absolute Gasteiger partial charge is 0.203 e. The van der Waals surface area contributed by atoms with Crippen LogP contribution in [0.5, 0.6) is 0 Å². The maximum atomic E-state index is 13.2. The molecule has 0 saturated carbocycles. The fourth-order valence-electron chi connectivity index (χ4n) is 2.26. The molecule has 0 aliphatic rings. The third-order valence-electron chi connectivity index (χ3n) is 4.57. The fraction of sp³-hybridized carbons (Fsp3) is 1.00. The Kier molecular flexibility index (Phi) is 10.2. The van der Waals surface area contributed by atoms with Crippen molar-refractivity contribution in [2.45, 2.75) is 104 Å². The maximum absolute atomic E-state index is 13.2. The molecule has 0 aliphatic carbocycles. The van der Waals surface area contributed by atoms with E-state index >= 15 is 0 Å². The third-order valence-corrected chi connectivity index (χ3v) is 7.36. The molecule has 0 aromatic heterocycles. The second-order valence-corrected chi connectivity index (χ2v) is 10.2. The molecule has 22 heavy (non-hydrogen) atoms.